The molecule has 4 aliphatic rings. The second-order valence-corrected chi connectivity index (χ2v) is 15.0. The number of furan rings is 1. The van der Waals surface area contributed by atoms with E-state index in [1.165, 1.54) is 11.1 Å². The van der Waals surface area contributed by atoms with E-state index in [0.29, 0.717) is 18.3 Å². The van der Waals surface area contributed by atoms with Crippen molar-refractivity contribution in [3.05, 3.63) is 46.7 Å². The number of ketones is 1. The van der Waals surface area contributed by atoms with E-state index in [2.05, 4.69) is 54.9 Å². The van der Waals surface area contributed by atoms with Gasteiger partial charge in [-0.2, -0.15) is 5.10 Å². The van der Waals surface area contributed by atoms with Gasteiger partial charge in [-0.15, -0.1) is 12.8 Å². The van der Waals surface area contributed by atoms with Gasteiger partial charge >= 0.3 is 11.9 Å². The van der Waals surface area contributed by atoms with E-state index in [1.54, 1.807) is 13.8 Å². The molecule has 2 heterocycles. The van der Waals surface area contributed by atoms with Crippen LogP contribution in [-0.4, -0.2) is 50.9 Å². The molecule has 0 saturated heterocycles. The second kappa shape index (κ2) is 14.0. The summed E-state index contributed by atoms with van der Waals surface area (Å²) in [5, 5.41) is 17.8. The molecule has 7 unspecified atom stereocenters. The molecule has 2 aromatic rings. The molecule has 2 aromatic heterocycles. The van der Waals surface area contributed by atoms with E-state index in [9.17, 15) is 19.5 Å². The predicted octanol–water partition coefficient (Wildman–Crippen LogP) is 6.67. The van der Waals surface area contributed by atoms with Crippen LogP contribution in [0.2, 0.25) is 0 Å². The van der Waals surface area contributed by atoms with E-state index in [4.69, 9.17) is 19.0 Å². The average molecular weight is 726 g/mol. The largest absolute Gasteiger partial charge is 0.465 e. The fraction of sp³-hybridized carbons (Fsp3) is 0.632. The molecular formula is C38H49BrN2O7. The van der Waals surface area contributed by atoms with Crippen LogP contribution in [0, 0.1) is 47.3 Å². The average Bonchev–Trinajstić information content (AvgIpc) is 3.74. The van der Waals surface area contributed by atoms with Crippen molar-refractivity contribution in [3.63, 3.8) is 0 Å². The number of rotatable bonds is 10. The Morgan fingerprint density at radius 3 is 2.52 bits per heavy atom. The number of Topliss-reactive ketones (excluding diaryl/α,β-unsaturated/α-hetero) is 1. The SMILES string of the molecule is C#C.CCC(=O)OCCC(=O)[C@@]1(OC(=O)CC)C(C)CC2C3CCC4=Cc5nn(Cc6ccc(CBr)o6)cc5CC4(C)C3C(O)CC21C. The number of hydrogen-bond acceptors (Lipinski definition) is 8. The Morgan fingerprint density at radius 2 is 1.85 bits per heavy atom. The Kier molecular flexibility index (Phi) is 10.5. The molecule has 3 saturated carbocycles. The molecule has 6 rings (SSSR count). The van der Waals surface area contributed by atoms with Gasteiger partial charge in [0.2, 0.25) is 0 Å². The molecule has 1 N–H and O–H groups in total. The van der Waals surface area contributed by atoms with E-state index < -0.39 is 23.1 Å². The number of esters is 2. The molecule has 0 amide bonds. The fourth-order valence-electron chi connectivity index (χ4n) is 10.0. The highest BCUT2D eigenvalue weighted by molar-refractivity contribution is 9.08. The molecule has 0 aliphatic heterocycles. The number of aromatic nitrogens is 2. The number of fused-ring (bicyclic) bond motifs is 6. The van der Waals surface area contributed by atoms with Crippen LogP contribution in [0.25, 0.3) is 6.08 Å². The number of carbonyl (C=O) groups is 3. The summed E-state index contributed by atoms with van der Waals surface area (Å²) in [6.07, 6.45) is 15.7. The van der Waals surface area contributed by atoms with Gasteiger partial charge in [-0.1, -0.05) is 56.1 Å². The van der Waals surface area contributed by atoms with E-state index in [1.807, 2.05) is 23.7 Å². The number of hydrogen-bond donors (Lipinski definition) is 1. The van der Waals surface area contributed by atoms with E-state index in [-0.39, 0.29) is 66.7 Å². The maximum absolute atomic E-state index is 14.2. The monoisotopic (exact) mass is 724 g/mol. The van der Waals surface area contributed by atoms with Crippen LogP contribution in [0.1, 0.15) is 102 Å². The van der Waals surface area contributed by atoms with Crippen LogP contribution in [0.4, 0.5) is 0 Å². The molecular weight excluding hydrogens is 676 g/mol. The zero-order valence-corrected chi connectivity index (χ0v) is 30.4. The first-order chi connectivity index (χ1) is 22.9. The molecule has 48 heavy (non-hydrogen) atoms. The Bertz CT molecular complexity index is 1590. The third-order valence-corrected chi connectivity index (χ3v) is 12.5. The molecule has 4 aliphatic carbocycles. The van der Waals surface area contributed by atoms with Gasteiger partial charge in [0.1, 0.15) is 11.5 Å². The Morgan fingerprint density at radius 1 is 1.15 bits per heavy atom. The molecule has 3 fully saturated rings. The maximum Gasteiger partial charge on any atom is 0.306 e. The summed E-state index contributed by atoms with van der Waals surface area (Å²) in [7, 11) is 0. The normalized spacial score (nSPS) is 33.1. The smallest absolute Gasteiger partial charge is 0.306 e. The summed E-state index contributed by atoms with van der Waals surface area (Å²) in [6, 6.07) is 3.96. The summed E-state index contributed by atoms with van der Waals surface area (Å²) < 4.78 is 19.4. The molecule has 0 radical (unpaired) electrons. The summed E-state index contributed by atoms with van der Waals surface area (Å²) in [6.45, 7) is 10.3. The second-order valence-electron chi connectivity index (χ2n) is 14.5. The standard InChI is InChI=1S/C36H47BrN2O7.C2H2/c1-6-31(42)44-13-12-30(41)36(46-32(43)7-2)21(3)14-27-26-11-8-23-15-28-22(16-34(23,4)33(26)29(40)17-35(27,36)5)19-39(38-28)20-25-10-9-24(18-37)45-25;1-2/h9-10,15,19,21,26-27,29,33,40H,6-8,11-14,16-18,20H2,1-5H3;1-2H/t21?,26?,27?,29?,33?,34?,35?,36-;/m0./s1. The Hall–Kier alpha value is -3.16. The van der Waals surface area contributed by atoms with Crippen LogP contribution in [-0.2, 0) is 42.2 Å². The number of alkyl halides is 1. The highest BCUT2D eigenvalue weighted by atomic mass is 79.9. The van der Waals surface area contributed by atoms with Crippen LogP contribution < -0.4 is 0 Å². The van der Waals surface area contributed by atoms with Crippen molar-refractivity contribution in [2.24, 2.45) is 34.5 Å². The van der Waals surface area contributed by atoms with Crippen LogP contribution in [0.15, 0.2) is 28.3 Å². The minimum atomic E-state index is -1.38. The van der Waals surface area contributed by atoms with Gasteiger partial charge in [0, 0.05) is 36.8 Å². The molecule has 0 spiro atoms. The Labute approximate surface area is 292 Å². The zero-order chi connectivity index (χ0) is 35.0. The van der Waals surface area contributed by atoms with Crippen molar-refractivity contribution in [3.8, 4) is 12.8 Å². The van der Waals surface area contributed by atoms with Crippen molar-refractivity contribution in [2.45, 2.75) is 110 Å². The van der Waals surface area contributed by atoms with Gasteiger partial charge in [0.15, 0.2) is 11.4 Å². The summed E-state index contributed by atoms with van der Waals surface area (Å²) >= 11 is 3.44. The van der Waals surface area contributed by atoms with Gasteiger partial charge in [0.25, 0.3) is 0 Å². The predicted molar refractivity (Wildman–Crippen MR) is 185 cm³/mol. The van der Waals surface area contributed by atoms with Crippen molar-refractivity contribution >= 4 is 39.7 Å². The van der Waals surface area contributed by atoms with Gasteiger partial charge < -0.3 is 19.0 Å². The first-order valence-electron chi connectivity index (χ1n) is 17.2. The number of terminal acetylenes is 1. The van der Waals surface area contributed by atoms with Gasteiger partial charge in [-0.25, -0.2) is 0 Å². The van der Waals surface area contributed by atoms with Gasteiger partial charge in [-0.3, -0.25) is 19.1 Å². The Balaban J connectivity index is 0.00000221. The summed E-state index contributed by atoms with van der Waals surface area (Å²) in [4.78, 5) is 39.0. The number of aliphatic hydroxyl groups is 1. The first-order valence-corrected chi connectivity index (χ1v) is 18.3. The van der Waals surface area contributed by atoms with Crippen molar-refractivity contribution in [1.82, 2.24) is 9.78 Å². The zero-order valence-electron chi connectivity index (χ0n) is 28.8. The van der Waals surface area contributed by atoms with Crippen LogP contribution in [0.5, 0.6) is 0 Å². The van der Waals surface area contributed by atoms with Crippen LogP contribution in [0.3, 0.4) is 0 Å². The minimum absolute atomic E-state index is 0.000811. The van der Waals surface area contributed by atoms with Crippen molar-refractivity contribution < 1.29 is 33.4 Å². The summed E-state index contributed by atoms with van der Waals surface area (Å²) in [5.41, 5.74) is 1.10. The first kappa shape index (κ1) is 36.1. The molecule has 10 heteroatoms. The van der Waals surface area contributed by atoms with E-state index >= 15 is 0 Å². The minimum Gasteiger partial charge on any atom is -0.465 e. The quantitative estimate of drug-likeness (QED) is 0.164. The highest BCUT2D eigenvalue weighted by Crippen LogP contribution is 2.69. The van der Waals surface area contributed by atoms with Crippen molar-refractivity contribution in [1.29, 1.82) is 0 Å². The number of nitrogens with zero attached hydrogens (tertiary/aromatic N) is 2. The summed E-state index contributed by atoms with van der Waals surface area (Å²) in [5.74, 6) is 0.767. The molecule has 8 atom stereocenters. The number of aliphatic hydroxyl groups excluding tert-OH is 1. The molecule has 0 aromatic carbocycles. The lowest BCUT2D eigenvalue weighted by Crippen LogP contribution is -2.64. The number of halogens is 1. The van der Waals surface area contributed by atoms with Gasteiger partial charge in [-0.05, 0) is 79.0 Å². The number of ether oxygens (including phenoxy) is 2. The third-order valence-electron chi connectivity index (χ3n) is 12.0. The third kappa shape index (κ3) is 5.89. The number of carbonyl (C=O) groups excluding carboxylic acids is 3. The maximum atomic E-state index is 14.2. The molecule has 0 bridgehead atoms. The lowest BCUT2D eigenvalue weighted by atomic mass is 9.45. The number of allylic oxidation sites excluding steroid dienone is 1. The molecule has 260 valence electrons. The van der Waals surface area contributed by atoms with E-state index in [0.717, 1.165) is 42.9 Å². The van der Waals surface area contributed by atoms with Gasteiger partial charge in [0.05, 0.1) is 30.3 Å². The highest BCUT2D eigenvalue weighted by Gasteiger charge is 2.72. The molecule has 9 nitrogen and oxygen atoms in total. The van der Waals surface area contributed by atoms with Crippen molar-refractivity contribution in [2.75, 3.05) is 6.61 Å². The lowest BCUT2D eigenvalue weighted by Gasteiger charge is -2.60. The van der Waals surface area contributed by atoms with Crippen LogP contribution >= 0.6 is 15.9 Å². The lowest BCUT2D eigenvalue weighted by molar-refractivity contribution is -0.206. The fourth-order valence-corrected chi connectivity index (χ4v) is 10.3. The topological polar surface area (TPSA) is 121 Å².